The van der Waals surface area contributed by atoms with Crippen LogP contribution in [-0.4, -0.2) is 48.7 Å². The Balaban J connectivity index is 2.01. The van der Waals surface area contributed by atoms with Crippen molar-refractivity contribution < 1.29 is 41.5 Å². The van der Waals surface area contributed by atoms with E-state index in [4.69, 9.17) is 17.3 Å². The molecule has 0 saturated heterocycles. The topological polar surface area (TPSA) is 148 Å². The molecule has 0 aliphatic rings. The van der Waals surface area contributed by atoms with Crippen molar-refractivity contribution in [3.8, 4) is 11.4 Å². The molecule has 0 fully saturated rings. The average Bonchev–Trinajstić information content (AvgIpc) is 3.17. The number of amides is 1. The summed E-state index contributed by atoms with van der Waals surface area (Å²) in [6.07, 6.45) is -12.8. The van der Waals surface area contributed by atoms with Crippen molar-refractivity contribution in [2.75, 3.05) is 0 Å². The van der Waals surface area contributed by atoms with Crippen molar-refractivity contribution >= 4 is 23.3 Å². The number of hydrogen-bond acceptors (Lipinski definition) is 6. The molecular weight excluding hydrogens is 574 g/mol. The molecule has 3 aromatic rings. The van der Waals surface area contributed by atoms with Crippen molar-refractivity contribution in [3.63, 3.8) is 0 Å². The number of hydrogen-bond donors (Lipinski definition) is 4. The summed E-state index contributed by atoms with van der Waals surface area (Å²) < 4.78 is 79.9. The number of oxime groups is 1. The van der Waals surface area contributed by atoms with Gasteiger partial charge in [-0.15, -0.1) is 5.10 Å². The first kappa shape index (κ1) is 30.5. The Kier molecular flexibility index (Phi) is 8.54. The Hall–Kier alpha value is -4.05. The Morgan fingerprint density at radius 3 is 2.27 bits per heavy atom. The largest absolute Gasteiger partial charge is 0.416 e. The fourth-order valence-corrected chi connectivity index (χ4v) is 3.77. The number of nitrogens with zero attached hydrogens (tertiary/aromatic N) is 4. The lowest BCUT2D eigenvalue weighted by Crippen LogP contribution is -2.54. The van der Waals surface area contributed by atoms with Gasteiger partial charge in [0, 0.05) is 10.6 Å². The van der Waals surface area contributed by atoms with Gasteiger partial charge in [0.05, 0.1) is 12.1 Å². The zero-order valence-electron chi connectivity index (χ0n) is 20.3. The van der Waals surface area contributed by atoms with Crippen LogP contribution < -0.4 is 16.7 Å². The highest BCUT2D eigenvalue weighted by Gasteiger charge is 2.40. The van der Waals surface area contributed by atoms with Crippen LogP contribution in [0, 0.1) is 0 Å². The van der Waals surface area contributed by atoms with Gasteiger partial charge in [-0.25, -0.2) is 9.48 Å². The predicted molar refractivity (Wildman–Crippen MR) is 129 cm³/mol. The number of rotatable bonds is 8. The maximum atomic E-state index is 13.3. The Morgan fingerprint density at radius 1 is 1.12 bits per heavy atom. The van der Waals surface area contributed by atoms with E-state index in [0.29, 0.717) is 15.3 Å². The third kappa shape index (κ3) is 6.56. The molecule has 0 aliphatic heterocycles. The van der Waals surface area contributed by atoms with E-state index in [1.165, 1.54) is 30.3 Å². The highest BCUT2D eigenvalue weighted by molar-refractivity contribution is 6.30. The molecule has 216 valence electrons. The Labute approximate surface area is 226 Å². The van der Waals surface area contributed by atoms with Gasteiger partial charge in [0.2, 0.25) is 5.91 Å². The van der Waals surface area contributed by atoms with E-state index < -0.39 is 60.1 Å². The van der Waals surface area contributed by atoms with Crippen molar-refractivity contribution in [1.82, 2.24) is 19.7 Å². The van der Waals surface area contributed by atoms with Crippen LogP contribution in [0.3, 0.4) is 0 Å². The van der Waals surface area contributed by atoms with Crippen LogP contribution in [0.5, 0.6) is 0 Å². The molecule has 0 spiro atoms. The van der Waals surface area contributed by atoms with Crippen LogP contribution in [0.1, 0.15) is 18.1 Å². The highest BCUT2D eigenvalue weighted by atomic mass is 35.5. The predicted octanol–water partition coefficient (Wildman–Crippen LogP) is 3.09. The van der Waals surface area contributed by atoms with Gasteiger partial charge in [0.1, 0.15) is 12.1 Å². The standard InChI is InChI=1S/C23H21ClF6N6O4/c1-21(19(31)34-40,13-3-2-4-14(9-13)22(25,26)27)32-17(38)11-36-20(39)35(10-16(37)23(28,29)30)18(33-36)12-5-7-15(24)8-6-12/h2-9,16,37,40H,10-11H2,1H3,(H2,31,34)(H,32,38). The van der Waals surface area contributed by atoms with Crippen LogP contribution in [0.15, 0.2) is 58.5 Å². The first-order chi connectivity index (χ1) is 18.5. The summed E-state index contributed by atoms with van der Waals surface area (Å²) >= 11 is 5.84. The van der Waals surface area contributed by atoms with Crippen molar-refractivity contribution in [1.29, 1.82) is 0 Å². The normalized spacial score (nSPS) is 15.0. The lowest BCUT2D eigenvalue weighted by molar-refractivity contribution is -0.207. The molecule has 10 nitrogen and oxygen atoms in total. The number of aliphatic hydroxyl groups excluding tert-OH is 1. The van der Waals surface area contributed by atoms with Gasteiger partial charge in [-0.05, 0) is 48.9 Å². The molecule has 5 N–H and O–H groups in total. The van der Waals surface area contributed by atoms with Gasteiger partial charge < -0.3 is 21.4 Å². The number of halogens is 7. The molecule has 2 aromatic carbocycles. The second kappa shape index (κ2) is 11.2. The van der Waals surface area contributed by atoms with E-state index in [1.807, 2.05) is 0 Å². The molecule has 1 amide bonds. The number of aromatic nitrogens is 3. The van der Waals surface area contributed by atoms with Gasteiger partial charge in [-0.3, -0.25) is 9.36 Å². The maximum Gasteiger partial charge on any atom is 0.416 e. The number of carbonyl (C=O) groups excluding carboxylic acids is 1. The summed E-state index contributed by atoms with van der Waals surface area (Å²) in [6, 6.07) is 9.05. The maximum absolute atomic E-state index is 13.3. The zero-order chi connectivity index (χ0) is 30.0. The molecular formula is C23H21ClF6N6O4. The Morgan fingerprint density at radius 2 is 1.73 bits per heavy atom. The number of nitrogens with two attached hydrogens (primary N) is 1. The molecule has 3 rings (SSSR count). The van der Waals surface area contributed by atoms with Crippen LogP contribution in [0.2, 0.25) is 5.02 Å². The second-order valence-corrected chi connectivity index (χ2v) is 9.11. The third-order valence-corrected chi connectivity index (χ3v) is 6.08. The molecule has 0 saturated carbocycles. The molecule has 2 atom stereocenters. The highest BCUT2D eigenvalue weighted by Crippen LogP contribution is 2.32. The Bertz CT molecular complexity index is 1470. The number of benzene rings is 2. The van der Waals surface area contributed by atoms with E-state index in [-0.39, 0.29) is 22.0 Å². The number of nitrogens with one attached hydrogen (secondary N) is 1. The van der Waals surface area contributed by atoms with E-state index >= 15 is 0 Å². The van der Waals surface area contributed by atoms with Crippen molar-refractivity contribution in [2.45, 2.75) is 44.0 Å². The van der Waals surface area contributed by atoms with Gasteiger partial charge in [-0.2, -0.15) is 26.3 Å². The lowest BCUT2D eigenvalue weighted by atomic mass is 9.89. The fourth-order valence-electron chi connectivity index (χ4n) is 3.64. The number of amidine groups is 1. The van der Waals surface area contributed by atoms with Crippen LogP contribution >= 0.6 is 11.6 Å². The third-order valence-electron chi connectivity index (χ3n) is 5.83. The minimum absolute atomic E-state index is 0.125. The van der Waals surface area contributed by atoms with Crippen LogP contribution in [0.25, 0.3) is 11.4 Å². The summed E-state index contributed by atoms with van der Waals surface area (Å²) in [5, 5.41) is 28.1. The molecule has 1 heterocycles. The van der Waals surface area contributed by atoms with Gasteiger partial charge in [0.15, 0.2) is 17.8 Å². The fraction of sp³-hybridized carbons (Fsp3) is 0.304. The summed E-state index contributed by atoms with van der Waals surface area (Å²) in [5.41, 5.74) is 1.25. The van der Waals surface area contributed by atoms with E-state index in [9.17, 15) is 46.2 Å². The number of alkyl halides is 6. The monoisotopic (exact) mass is 594 g/mol. The van der Waals surface area contributed by atoms with E-state index in [1.54, 1.807) is 0 Å². The lowest BCUT2D eigenvalue weighted by Gasteiger charge is -2.30. The van der Waals surface area contributed by atoms with Crippen molar-refractivity contribution in [2.24, 2.45) is 10.9 Å². The molecule has 0 radical (unpaired) electrons. The summed E-state index contributed by atoms with van der Waals surface area (Å²) in [5.74, 6) is -2.14. The van der Waals surface area contributed by atoms with E-state index in [2.05, 4.69) is 15.6 Å². The summed E-state index contributed by atoms with van der Waals surface area (Å²) in [7, 11) is 0. The molecule has 2 unspecified atom stereocenters. The molecule has 17 heteroatoms. The zero-order valence-corrected chi connectivity index (χ0v) is 21.1. The quantitative estimate of drug-likeness (QED) is 0.104. The number of carbonyl (C=O) groups is 1. The summed E-state index contributed by atoms with van der Waals surface area (Å²) in [4.78, 5) is 25.9. The molecule has 40 heavy (non-hydrogen) atoms. The smallest absolute Gasteiger partial charge is 0.409 e. The molecule has 1 aromatic heterocycles. The number of aliphatic hydroxyl groups is 1. The first-order valence-corrected chi connectivity index (χ1v) is 11.5. The first-order valence-electron chi connectivity index (χ1n) is 11.1. The minimum Gasteiger partial charge on any atom is -0.409 e. The summed E-state index contributed by atoms with van der Waals surface area (Å²) in [6.45, 7) is -1.06. The van der Waals surface area contributed by atoms with E-state index in [0.717, 1.165) is 19.1 Å². The average molecular weight is 595 g/mol. The minimum atomic E-state index is -5.08. The molecule has 0 bridgehead atoms. The second-order valence-electron chi connectivity index (χ2n) is 8.68. The molecule has 0 aliphatic carbocycles. The van der Waals surface area contributed by atoms with Gasteiger partial charge in [0.25, 0.3) is 0 Å². The van der Waals surface area contributed by atoms with Crippen LogP contribution in [-0.2, 0) is 29.6 Å². The van der Waals surface area contributed by atoms with Crippen LogP contribution in [0.4, 0.5) is 26.3 Å². The van der Waals surface area contributed by atoms with Gasteiger partial charge >= 0.3 is 18.0 Å². The van der Waals surface area contributed by atoms with Crippen molar-refractivity contribution in [3.05, 3.63) is 75.2 Å². The van der Waals surface area contributed by atoms with Gasteiger partial charge in [-0.1, -0.05) is 28.9 Å². The SMILES string of the molecule is CC(NC(=O)Cn1nc(-c2ccc(Cl)cc2)n(CC(O)C(F)(F)F)c1=O)(C(N)=NO)c1cccc(C(F)(F)F)c1.